The first-order chi connectivity index (χ1) is 13.5. The van der Waals surface area contributed by atoms with Crippen molar-refractivity contribution in [2.75, 3.05) is 13.2 Å². The quantitative estimate of drug-likeness (QED) is 0.315. The van der Waals surface area contributed by atoms with Gasteiger partial charge in [0.25, 0.3) is 5.69 Å². The molecule has 0 radical (unpaired) electrons. The van der Waals surface area contributed by atoms with E-state index >= 15 is 0 Å². The van der Waals surface area contributed by atoms with Crippen LogP contribution in [-0.4, -0.2) is 58.8 Å². The predicted octanol–water partition coefficient (Wildman–Crippen LogP) is 2.69. The number of likely N-dealkylation sites (tertiary alicyclic amines) is 1. The molecule has 1 heterocycles. The Bertz CT molecular complexity index is 784. The van der Waals surface area contributed by atoms with Crippen molar-refractivity contribution in [3.8, 4) is 0 Å². The predicted molar refractivity (Wildman–Crippen MR) is 100 cm³/mol. The maximum absolute atomic E-state index is 12.5. The van der Waals surface area contributed by atoms with Crippen LogP contribution in [0.15, 0.2) is 24.3 Å². The molecule has 1 aromatic rings. The van der Waals surface area contributed by atoms with Crippen molar-refractivity contribution in [3.05, 3.63) is 39.9 Å². The molecule has 2 rings (SSSR count). The molecule has 0 N–H and O–H groups in total. The van der Waals surface area contributed by atoms with Gasteiger partial charge in [0.1, 0.15) is 11.7 Å². The van der Waals surface area contributed by atoms with E-state index in [1.165, 1.54) is 29.2 Å². The summed E-state index contributed by atoms with van der Waals surface area (Å²) in [7, 11) is 0. The third-order valence-electron chi connectivity index (χ3n) is 4.07. The number of ether oxygens (including phenoxy) is 3. The Morgan fingerprint density at radius 3 is 2.34 bits per heavy atom. The first-order valence-corrected chi connectivity index (χ1v) is 9.15. The summed E-state index contributed by atoms with van der Waals surface area (Å²) >= 11 is 0. The van der Waals surface area contributed by atoms with E-state index in [0.29, 0.717) is 0 Å². The lowest BCUT2D eigenvalue weighted by Gasteiger charge is -2.29. The standard InChI is InChI=1S/C19H24N2O8/c1-5-27-17(23)15-14(10-11-20(15)18(24)29-19(2,3)4)28-16(22)12-6-8-13(9-7-12)21(25)26/h6-9,14-15H,5,10-11H2,1-4H3/t14-,15-/m1/s1. The molecule has 158 valence electrons. The molecule has 0 bridgehead atoms. The Hall–Kier alpha value is -3.17. The Labute approximate surface area is 167 Å². The van der Waals surface area contributed by atoms with E-state index in [9.17, 15) is 24.5 Å². The third-order valence-corrected chi connectivity index (χ3v) is 4.07. The van der Waals surface area contributed by atoms with Crippen LogP contribution in [0.3, 0.4) is 0 Å². The molecule has 10 nitrogen and oxygen atoms in total. The van der Waals surface area contributed by atoms with Crippen molar-refractivity contribution in [1.29, 1.82) is 0 Å². The fourth-order valence-corrected chi connectivity index (χ4v) is 2.84. The van der Waals surface area contributed by atoms with Crippen molar-refractivity contribution in [2.45, 2.75) is 51.9 Å². The minimum Gasteiger partial charge on any atom is -0.464 e. The van der Waals surface area contributed by atoms with E-state index in [4.69, 9.17) is 14.2 Å². The number of esters is 2. The zero-order valence-electron chi connectivity index (χ0n) is 16.7. The number of nitrogens with zero attached hydrogens (tertiary/aromatic N) is 2. The second kappa shape index (κ2) is 8.89. The van der Waals surface area contributed by atoms with Crippen LogP contribution in [0.2, 0.25) is 0 Å². The van der Waals surface area contributed by atoms with Crippen LogP contribution in [0.1, 0.15) is 44.5 Å². The maximum atomic E-state index is 12.5. The summed E-state index contributed by atoms with van der Waals surface area (Å²) in [6.07, 6.45) is -1.41. The van der Waals surface area contributed by atoms with Crippen molar-refractivity contribution in [2.24, 2.45) is 0 Å². The molecule has 1 aromatic carbocycles. The lowest BCUT2D eigenvalue weighted by atomic mass is 10.1. The van der Waals surface area contributed by atoms with E-state index in [2.05, 4.69) is 0 Å². The van der Waals surface area contributed by atoms with Gasteiger partial charge in [0.15, 0.2) is 6.04 Å². The molecule has 29 heavy (non-hydrogen) atoms. The van der Waals surface area contributed by atoms with Crippen LogP contribution in [-0.2, 0) is 19.0 Å². The molecule has 0 unspecified atom stereocenters. The number of nitro benzene ring substituents is 1. The second-order valence-corrected chi connectivity index (χ2v) is 7.41. The van der Waals surface area contributed by atoms with Crippen molar-refractivity contribution < 1.29 is 33.5 Å². The highest BCUT2D eigenvalue weighted by Gasteiger charge is 2.46. The Morgan fingerprint density at radius 1 is 1.21 bits per heavy atom. The molecule has 0 aromatic heterocycles. The van der Waals surface area contributed by atoms with Gasteiger partial charge in [-0.3, -0.25) is 15.0 Å². The molecule has 2 atom stereocenters. The van der Waals surface area contributed by atoms with Crippen molar-refractivity contribution in [1.82, 2.24) is 4.90 Å². The van der Waals surface area contributed by atoms with Crippen LogP contribution in [0, 0.1) is 10.1 Å². The number of benzene rings is 1. The molecule has 0 spiro atoms. The van der Waals surface area contributed by atoms with Gasteiger partial charge in [0, 0.05) is 25.1 Å². The van der Waals surface area contributed by atoms with Gasteiger partial charge in [-0.05, 0) is 39.8 Å². The first-order valence-electron chi connectivity index (χ1n) is 9.15. The van der Waals surface area contributed by atoms with Crippen LogP contribution in [0.25, 0.3) is 0 Å². The topological polar surface area (TPSA) is 125 Å². The van der Waals surface area contributed by atoms with E-state index in [-0.39, 0.29) is 30.8 Å². The number of carbonyl (C=O) groups is 3. The highest BCUT2D eigenvalue weighted by atomic mass is 16.6. The summed E-state index contributed by atoms with van der Waals surface area (Å²) < 4.78 is 15.8. The Kier molecular flexibility index (Phi) is 6.78. The lowest BCUT2D eigenvalue weighted by Crippen LogP contribution is -2.48. The van der Waals surface area contributed by atoms with Crippen molar-refractivity contribution >= 4 is 23.7 Å². The summed E-state index contributed by atoms with van der Waals surface area (Å²) in [4.78, 5) is 48.7. The first kappa shape index (κ1) is 22.1. The lowest BCUT2D eigenvalue weighted by molar-refractivity contribution is -0.384. The number of amides is 1. The minimum absolute atomic E-state index is 0.0916. The van der Waals surface area contributed by atoms with E-state index in [1.807, 2.05) is 0 Å². The average molecular weight is 408 g/mol. The molecular formula is C19H24N2O8. The number of hydrogen-bond donors (Lipinski definition) is 0. The summed E-state index contributed by atoms with van der Waals surface area (Å²) in [5, 5.41) is 10.7. The highest BCUT2D eigenvalue weighted by molar-refractivity contribution is 5.90. The van der Waals surface area contributed by atoms with Gasteiger partial charge >= 0.3 is 18.0 Å². The highest BCUT2D eigenvalue weighted by Crippen LogP contribution is 2.26. The molecular weight excluding hydrogens is 384 g/mol. The summed E-state index contributed by atoms with van der Waals surface area (Å²) in [5.41, 5.74) is -0.832. The fourth-order valence-electron chi connectivity index (χ4n) is 2.84. The molecule has 1 saturated heterocycles. The van der Waals surface area contributed by atoms with Crippen molar-refractivity contribution in [3.63, 3.8) is 0 Å². The van der Waals surface area contributed by atoms with Gasteiger partial charge in [-0.1, -0.05) is 0 Å². The SMILES string of the molecule is CCOC(=O)[C@H]1[C@H](OC(=O)c2ccc([N+](=O)[O-])cc2)CCN1C(=O)OC(C)(C)C. The normalized spacial score (nSPS) is 18.8. The molecule has 10 heteroatoms. The number of non-ortho nitro benzene ring substituents is 1. The van der Waals surface area contributed by atoms with E-state index < -0.39 is 40.7 Å². The van der Waals surface area contributed by atoms with Gasteiger partial charge in [0.2, 0.25) is 0 Å². The summed E-state index contributed by atoms with van der Waals surface area (Å²) in [6, 6.07) is 3.76. The zero-order valence-corrected chi connectivity index (χ0v) is 16.7. The smallest absolute Gasteiger partial charge is 0.411 e. The summed E-state index contributed by atoms with van der Waals surface area (Å²) in [5.74, 6) is -1.46. The number of carbonyl (C=O) groups excluding carboxylic acids is 3. The number of rotatable bonds is 5. The van der Waals surface area contributed by atoms with E-state index in [1.54, 1.807) is 27.7 Å². The molecule has 1 aliphatic rings. The van der Waals surface area contributed by atoms with Gasteiger partial charge in [0.05, 0.1) is 17.1 Å². The largest absolute Gasteiger partial charge is 0.464 e. The third kappa shape index (κ3) is 5.66. The van der Waals surface area contributed by atoms with Crippen LogP contribution >= 0.6 is 0 Å². The Balaban J connectivity index is 2.17. The average Bonchev–Trinajstić information content (AvgIpc) is 3.04. The molecule has 0 aliphatic carbocycles. The zero-order chi connectivity index (χ0) is 21.8. The van der Waals surface area contributed by atoms with E-state index in [0.717, 1.165) is 0 Å². The molecule has 1 amide bonds. The van der Waals surface area contributed by atoms with Crippen LogP contribution < -0.4 is 0 Å². The van der Waals surface area contributed by atoms with Crippen LogP contribution in [0.4, 0.5) is 10.5 Å². The summed E-state index contributed by atoms with van der Waals surface area (Å²) in [6.45, 7) is 6.98. The second-order valence-electron chi connectivity index (χ2n) is 7.41. The Morgan fingerprint density at radius 2 is 1.83 bits per heavy atom. The van der Waals surface area contributed by atoms with Gasteiger partial charge < -0.3 is 14.2 Å². The maximum Gasteiger partial charge on any atom is 0.411 e. The molecule has 0 saturated carbocycles. The monoisotopic (exact) mass is 408 g/mol. The van der Waals surface area contributed by atoms with Crippen LogP contribution in [0.5, 0.6) is 0 Å². The number of nitro groups is 1. The number of hydrogen-bond acceptors (Lipinski definition) is 8. The fraction of sp³-hybridized carbons (Fsp3) is 0.526. The minimum atomic E-state index is -1.13. The molecule has 1 aliphatic heterocycles. The van der Waals surface area contributed by atoms with Gasteiger partial charge in [-0.2, -0.15) is 0 Å². The van der Waals surface area contributed by atoms with Gasteiger partial charge in [-0.25, -0.2) is 14.4 Å². The van der Waals surface area contributed by atoms with Gasteiger partial charge in [-0.15, -0.1) is 0 Å². The molecule has 1 fully saturated rings.